The highest BCUT2D eigenvalue weighted by Crippen LogP contribution is 2.27. The molecule has 150 valence electrons. The maximum atomic E-state index is 12.5. The van der Waals surface area contributed by atoms with Crippen LogP contribution in [0.3, 0.4) is 0 Å². The Hall–Kier alpha value is -2.71. The second-order valence-corrected chi connectivity index (χ2v) is 8.06. The van der Waals surface area contributed by atoms with E-state index in [4.69, 9.17) is 4.42 Å². The van der Waals surface area contributed by atoms with Gasteiger partial charge in [0.15, 0.2) is 11.2 Å². The summed E-state index contributed by atoms with van der Waals surface area (Å²) < 4.78 is 5.45. The van der Waals surface area contributed by atoms with Gasteiger partial charge in [0.1, 0.15) is 17.9 Å². The third kappa shape index (κ3) is 4.04. The predicted octanol–water partition coefficient (Wildman–Crippen LogP) is 1.95. The van der Waals surface area contributed by atoms with Crippen LogP contribution in [-0.2, 0) is 14.4 Å². The maximum Gasteiger partial charge on any atom is 0.245 e. The molecule has 29 heavy (non-hydrogen) atoms. The number of Topliss-reactive ketones (excluding diaryl/α,β-unsaturated/α-hetero) is 1. The van der Waals surface area contributed by atoms with Crippen LogP contribution >= 0.6 is 11.8 Å². The van der Waals surface area contributed by atoms with E-state index in [0.29, 0.717) is 23.9 Å². The van der Waals surface area contributed by atoms with Gasteiger partial charge in [-0.25, -0.2) is 0 Å². The van der Waals surface area contributed by atoms with Crippen molar-refractivity contribution in [2.24, 2.45) is 0 Å². The van der Waals surface area contributed by atoms with Crippen LogP contribution in [0.2, 0.25) is 0 Å². The summed E-state index contributed by atoms with van der Waals surface area (Å²) in [5.41, 5.74) is 0.548. The molecule has 0 bridgehead atoms. The van der Waals surface area contributed by atoms with Crippen molar-refractivity contribution >= 4 is 45.6 Å². The van der Waals surface area contributed by atoms with E-state index in [0.717, 1.165) is 24.6 Å². The van der Waals surface area contributed by atoms with E-state index in [2.05, 4.69) is 5.32 Å². The van der Waals surface area contributed by atoms with Gasteiger partial charge in [0, 0.05) is 12.6 Å². The van der Waals surface area contributed by atoms with Crippen molar-refractivity contribution in [1.82, 2.24) is 10.2 Å². The van der Waals surface area contributed by atoms with E-state index in [1.54, 1.807) is 29.2 Å². The Labute approximate surface area is 171 Å². The van der Waals surface area contributed by atoms with Crippen LogP contribution in [-0.4, -0.2) is 46.2 Å². The predicted molar refractivity (Wildman–Crippen MR) is 110 cm³/mol. The Morgan fingerprint density at radius 1 is 1.21 bits per heavy atom. The fraction of sp³-hybridized carbons (Fsp3) is 0.333. The van der Waals surface area contributed by atoms with Gasteiger partial charge in [-0.3, -0.25) is 24.1 Å². The number of fused-ring (bicyclic) bond motifs is 1. The Kier molecular flexibility index (Phi) is 5.64. The van der Waals surface area contributed by atoms with E-state index in [1.807, 2.05) is 0 Å². The van der Waals surface area contributed by atoms with Crippen molar-refractivity contribution in [3.05, 3.63) is 52.4 Å². The second kappa shape index (κ2) is 8.34. The number of hydrogen-bond donors (Lipinski definition) is 1. The Bertz CT molecular complexity index is 1040. The fourth-order valence-electron chi connectivity index (χ4n) is 3.76. The fourth-order valence-corrected chi connectivity index (χ4v) is 4.62. The van der Waals surface area contributed by atoms with Crippen molar-refractivity contribution in [1.29, 1.82) is 0 Å². The number of likely N-dealkylation sites (tertiary alicyclic amines) is 1. The van der Waals surface area contributed by atoms with Crippen LogP contribution in [0.4, 0.5) is 0 Å². The van der Waals surface area contributed by atoms with E-state index < -0.39 is 6.04 Å². The number of rotatable bonds is 4. The van der Waals surface area contributed by atoms with Gasteiger partial charge in [-0.1, -0.05) is 23.9 Å². The topological polar surface area (TPSA) is 96.7 Å². The molecule has 2 aromatic rings. The van der Waals surface area contributed by atoms with Gasteiger partial charge < -0.3 is 9.73 Å². The monoisotopic (exact) mass is 412 g/mol. The van der Waals surface area contributed by atoms with E-state index in [-0.39, 0.29) is 39.7 Å². The number of hydrogen-bond acceptors (Lipinski definition) is 7. The first-order valence-corrected chi connectivity index (χ1v) is 10.5. The molecule has 3 heterocycles. The molecular weight excluding hydrogens is 392 g/mol. The van der Waals surface area contributed by atoms with Crippen LogP contribution in [0.1, 0.15) is 24.8 Å². The van der Waals surface area contributed by atoms with Crippen LogP contribution < -0.4 is 10.7 Å². The van der Waals surface area contributed by atoms with Crippen molar-refractivity contribution in [3.8, 4) is 0 Å². The molecule has 2 fully saturated rings. The van der Waals surface area contributed by atoms with Crippen molar-refractivity contribution in [2.75, 3.05) is 12.3 Å². The number of nitrogens with one attached hydrogen (secondary N) is 1. The number of carbonyl (C=O) groups excluding carboxylic acids is 3. The van der Waals surface area contributed by atoms with Gasteiger partial charge >= 0.3 is 0 Å². The first kappa shape index (κ1) is 19.6. The summed E-state index contributed by atoms with van der Waals surface area (Å²) in [7, 11) is 0. The maximum absolute atomic E-state index is 12.5. The highest BCUT2D eigenvalue weighted by atomic mass is 32.2. The third-order valence-corrected chi connectivity index (χ3v) is 6.13. The largest absolute Gasteiger partial charge is 0.463 e. The van der Waals surface area contributed by atoms with Crippen LogP contribution in [0.15, 0.2) is 45.8 Å². The van der Waals surface area contributed by atoms with Gasteiger partial charge in [-0.05, 0) is 37.5 Å². The van der Waals surface area contributed by atoms with Gasteiger partial charge in [-0.2, -0.15) is 0 Å². The number of thioether (sulfide) groups is 1. The van der Waals surface area contributed by atoms with Crippen LogP contribution in [0.5, 0.6) is 0 Å². The van der Waals surface area contributed by atoms with E-state index >= 15 is 0 Å². The van der Waals surface area contributed by atoms with Crippen molar-refractivity contribution in [2.45, 2.75) is 31.5 Å². The minimum atomic E-state index is -0.776. The molecule has 2 aliphatic rings. The van der Waals surface area contributed by atoms with Gasteiger partial charge in [0.2, 0.25) is 11.0 Å². The van der Waals surface area contributed by atoms with Gasteiger partial charge in [0.25, 0.3) is 0 Å². The van der Waals surface area contributed by atoms with Gasteiger partial charge in [0.05, 0.1) is 22.9 Å². The standard InChI is InChI=1S/C21H20N2O5S/c24-15-12-29-21(27)19(15)23-10-4-3-7-17(23)22-18(25)9-8-13-11-28-16-6-2-1-5-14(16)20(13)26/h1-2,5-6,8-9,11,17,19H,3-4,7,10,12H2,(H,22,25)/b9-8+. The molecule has 2 atom stereocenters. The number of carbonyl (C=O) groups is 3. The number of para-hydroxylation sites is 1. The molecule has 1 N–H and O–H groups in total. The summed E-state index contributed by atoms with van der Waals surface area (Å²) in [5.74, 6) is -0.302. The lowest BCUT2D eigenvalue weighted by atomic mass is 10.0. The van der Waals surface area contributed by atoms with E-state index in [9.17, 15) is 19.2 Å². The molecule has 0 saturated carbocycles. The lowest BCUT2D eigenvalue weighted by molar-refractivity contribution is -0.132. The summed E-state index contributed by atoms with van der Waals surface area (Å²) in [6, 6.07) is 6.14. The smallest absolute Gasteiger partial charge is 0.245 e. The molecule has 2 unspecified atom stereocenters. The summed E-state index contributed by atoms with van der Waals surface area (Å²) >= 11 is 1.04. The normalized spacial score (nSPS) is 23.2. The Morgan fingerprint density at radius 3 is 2.83 bits per heavy atom. The number of amides is 1. The molecule has 0 aliphatic carbocycles. The zero-order valence-electron chi connectivity index (χ0n) is 15.6. The van der Waals surface area contributed by atoms with Gasteiger partial charge in [-0.15, -0.1) is 0 Å². The zero-order valence-corrected chi connectivity index (χ0v) is 16.4. The molecule has 8 heteroatoms. The molecule has 2 saturated heterocycles. The quantitative estimate of drug-likeness (QED) is 0.606. The number of nitrogens with zero attached hydrogens (tertiary/aromatic N) is 1. The molecule has 2 aliphatic heterocycles. The number of piperidine rings is 1. The van der Waals surface area contributed by atoms with E-state index in [1.165, 1.54) is 18.4 Å². The second-order valence-electron chi connectivity index (χ2n) is 7.08. The SMILES string of the molecule is O=C(/C=C/c1coc2ccccc2c1=O)NC1CCCCN1C1C(=O)CSC1=O. The number of ketones is 1. The zero-order chi connectivity index (χ0) is 20.4. The third-order valence-electron chi connectivity index (χ3n) is 5.19. The molecule has 1 aromatic carbocycles. The minimum absolute atomic E-state index is 0.106. The molecule has 1 aromatic heterocycles. The first-order chi connectivity index (χ1) is 14.0. The lowest BCUT2D eigenvalue weighted by Crippen LogP contribution is -2.57. The highest BCUT2D eigenvalue weighted by Gasteiger charge is 2.42. The minimum Gasteiger partial charge on any atom is -0.463 e. The highest BCUT2D eigenvalue weighted by molar-refractivity contribution is 8.15. The Morgan fingerprint density at radius 2 is 2.03 bits per heavy atom. The lowest BCUT2D eigenvalue weighted by Gasteiger charge is -2.38. The molecule has 1 amide bonds. The van der Waals surface area contributed by atoms with Crippen LogP contribution in [0.25, 0.3) is 17.0 Å². The first-order valence-electron chi connectivity index (χ1n) is 9.49. The van der Waals surface area contributed by atoms with Crippen LogP contribution in [0, 0.1) is 0 Å². The summed E-state index contributed by atoms with van der Waals surface area (Å²) in [6.07, 6.45) is 6.09. The molecular formula is C21H20N2O5S. The molecule has 7 nitrogen and oxygen atoms in total. The molecule has 0 spiro atoms. The summed E-state index contributed by atoms with van der Waals surface area (Å²) in [4.78, 5) is 51.0. The molecule has 4 rings (SSSR count). The summed E-state index contributed by atoms with van der Waals surface area (Å²) in [5, 5.41) is 3.16. The Balaban J connectivity index is 1.48. The summed E-state index contributed by atoms with van der Waals surface area (Å²) in [6.45, 7) is 0.589. The molecule has 0 radical (unpaired) electrons. The average molecular weight is 412 g/mol. The number of benzene rings is 1. The average Bonchev–Trinajstić information content (AvgIpc) is 3.06. The van der Waals surface area contributed by atoms with Crippen molar-refractivity contribution < 1.29 is 18.8 Å². The van der Waals surface area contributed by atoms with Crippen molar-refractivity contribution in [3.63, 3.8) is 0 Å².